The highest BCUT2D eigenvalue weighted by molar-refractivity contribution is 6.32. The molecule has 1 aromatic rings. The molecule has 1 heterocycles. The van der Waals surface area contributed by atoms with Crippen molar-refractivity contribution in [1.82, 2.24) is 5.32 Å². The Labute approximate surface area is 87.6 Å². The van der Waals surface area contributed by atoms with E-state index in [4.69, 9.17) is 16.3 Å². The SMILES string of the molecule is OCC1NCCOc2c(Cl)cccc21. The number of halogens is 1. The van der Waals surface area contributed by atoms with E-state index in [0.29, 0.717) is 17.4 Å². The summed E-state index contributed by atoms with van der Waals surface area (Å²) in [5, 5.41) is 13.0. The van der Waals surface area contributed by atoms with Crippen molar-refractivity contribution in [2.24, 2.45) is 0 Å². The number of fused-ring (bicyclic) bond motifs is 1. The smallest absolute Gasteiger partial charge is 0.142 e. The summed E-state index contributed by atoms with van der Waals surface area (Å²) in [5.74, 6) is 0.693. The first-order valence-electron chi connectivity index (χ1n) is 4.58. The second-order valence-electron chi connectivity index (χ2n) is 3.20. The summed E-state index contributed by atoms with van der Waals surface area (Å²) < 4.78 is 5.51. The maximum Gasteiger partial charge on any atom is 0.142 e. The second kappa shape index (κ2) is 4.17. The van der Waals surface area contributed by atoms with Crippen molar-refractivity contribution >= 4 is 11.6 Å². The van der Waals surface area contributed by atoms with Gasteiger partial charge < -0.3 is 15.2 Å². The molecule has 76 valence electrons. The van der Waals surface area contributed by atoms with Gasteiger partial charge in [-0.2, -0.15) is 0 Å². The molecule has 0 fully saturated rings. The van der Waals surface area contributed by atoms with Crippen LogP contribution in [-0.4, -0.2) is 24.9 Å². The van der Waals surface area contributed by atoms with Gasteiger partial charge in [-0.3, -0.25) is 0 Å². The highest BCUT2D eigenvalue weighted by Crippen LogP contribution is 2.33. The van der Waals surface area contributed by atoms with E-state index in [0.717, 1.165) is 12.1 Å². The fourth-order valence-corrected chi connectivity index (χ4v) is 1.85. The van der Waals surface area contributed by atoms with Crippen LogP contribution in [0.3, 0.4) is 0 Å². The molecule has 0 aromatic heterocycles. The Morgan fingerprint density at radius 2 is 2.43 bits per heavy atom. The minimum absolute atomic E-state index is 0.0523. The molecule has 0 saturated heterocycles. The molecule has 2 rings (SSSR count). The molecule has 0 saturated carbocycles. The fraction of sp³-hybridized carbons (Fsp3) is 0.400. The van der Waals surface area contributed by atoms with Gasteiger partial charge in [0.25, 0.3) is 0 Å². The van der Waals surface area contributed by atoms with Gasteiger partial charge in [-0.05, 0) is 6.07 Å². The maximum absolute atomic E-state index is 9.19. The first-order valence-corrected chi connectivity index (χ1v) is 4.96. The van der Waals surface area contributed by atoms with E-state index >= 15 is 0 Å². The van der Waals surface area contributed by atoms with Gasteiger partial charge in [0.1, 0.15) is 12.4 Å². The minimum Gasteiger partial charge on any atom is -0.490 e. The van der Waals surface area contributed by atoms with Crippen molar-refractivity contribution in [2.75, 3.05) is 19.8 Å². The highest BCUT2D eigenvalue weighted by atomic mass is 35.5. The number of ether oxygens (including phenoxy) is 1. The molecule has 2 N–H and O–H groups in total. The Balaban J connectivity index is 2.44. The van der Waals surface area contributed by atoms with Crippen molar-refractivity contribution in [3.8, 4) is 5.75 Å². The third-order valence-corrected chi connectivity index (χ3v) is 2.59. The van der Waals surface area contributed by atoms with Crippen molar-refractivity contribution in [2.45, 2.75) is 6.04 Å². The predicted molar refractivity (Wildman–Crippen MR) is 54.8 cm³/mol. The summed E-state index contributed by atoms with van der Waals surface area (Å²) in [4.78, 5) is 0. The van der Waals surface area contributed by atoms with Gasteiger partial charge >= 0.3 is 0 Å². The van der Waals surface area contributed by atoms with Crippen molar-refractivity contribution in [3.63, 3.8) is 0 Å². The zero-order valence-electron chi connectivity index (χ0n) is 7.66. The lowest BCUT2D eigenvalue weighted by atomic mass is 10.1. The van der Waals surface area contributed by atoms with Crippen molar-refractivity contribution in [3.05, 3.63) is 28.8 Å². The molecule has 1 aliphatic rings. The lowest BCUT2D eigenvalue weighted by molar-refractivity contribution is 0.245. The van der Waals surface area contributed by atoms with Crippen LogP contribution in [0.4, 0.5) is 0 Å². The van der Waals surface area contributed by atoms with Gasteiger partial charge in [0.2, 0.25) is 0 Å². The van der Waals surface area contributed by atoms with Gasteiger partial charge in [0, 0.05) is 12.1 Å². The summed E-state index contributed by atoms with van der Waals surface area (Å²) in [6.45, 7) is 1.35. The average molecular weight is 214 g/mol. The molecule has 1 aliphatic heterocycles. The Morgan fingerprint density at radius 3 is 3.21 bits per heavy atom. The Bertz CT molecular complexity index is 330. The van der Waals surface area contributed by atoms with Crippen LogP contribution in [0.5, 0.6) is 5.75 Å². The van der Waals surface area contributed by atoms with Crippen LogP contribution in [0, 0.1) is 0 Å². The average Bonchev–Trinajstić information content (AvgIpc) is 2.40. The number of aliphatic hydroxyl groups is 1. The fourth-order valence-electron chi connectivity index (χ4n) is 1.61. The first-order chi connectivity index (χ1) is 6.83. The third-order valence-electron chi connectivity index (χ3n) is 2.29. The molecule has 0 bridgehead atoms. The van der Waals surface area contributed by atoms with Crippen LogP contribution in [-0.2, 0) is 0 Å². The number of benzene rings is 1. The molecular weight excluding hydrogens is 202 g/mol. The van der Waals surface area contributed by atoms with E-state index < -0.39 is 0 Å². The zero-order chi connectivity index (χ0) is 9.97. The van der Waals surface area contributed by atoms with Crippen LogP contribution in [0.25, 0.3) is 0 Å². The first kappa shape index (κ1) is 9.77. The van der Waals surface area contributed by atoms with E-state index in [-0.39, 0.29) is 12.6 Å². The van der Waals surface area contributed by atoms with Crippen LogP contribution in [0.1, 0.15) is 11.6 Å². The lowest BCUT2D eigenvalue weighted by Crippen LogP contribution is -2.25. The molecule has 1 atom stereocenters. The van der Waals surface area contributed by atoms with Gasteiger partial charge in [-0.25, -0.2) is 0 Å². The molecule has 3 nitrogen and oxygen atoms in total. The number of aliphatic hydroxyl groups excluding tert-OH is 1. The Hall–Kier alpha value is -0.770. The summed E-state index contributed by atoms with van der Waals surface area (Å²) in [6, 6.07) is 5.49. The molecule has 0 spiro atoms. The van der Waals surface area contributed by atoms with Gasteiger partial charge in [0.05, 0.1) is 17.7 Å². The highest BCUT2D eigenvalue weighted by Gasteiger charge is 2.19. The largest absolute Gasteiger partial charge is 0.490 e. The molecule has 4 heteroatoms. The van der Waals surface area contributed by atoms with E-state index in [1.807, 2.05) is 12.1 Å². The van der Waals surface area contributed by atoms with E-state index in [9.17, 15) is 5.11 Å². The summed E-state index contributed by atoms with van der Waals surface area (Å²) in [5.41, 5.74) is 0.928. The predicted octanol–water partition coefficient (Wildman–Crippen LogP) is 1.36. The summed E-state index contributed by atoms with van der Waals surface area (Å²) >= 11 is 6.00. The van der Waals surface area contributed by atoms with Crippen LogP contribution >= 0.6 is 11.6 Å². The topological polar surface area (TPSA) is 41.5 Å². The van der Waals surface area contributed by atoms with E-state index in [1.165, 1.54) is 0 Å². The molecule has 1 unspecified atom stereocenters. The van der Waals surface area contributed by atoms with Crippen molar-refractivity contribution < 1.29 is 9.84 Å². The molecule has 0 aliphatic carbocycles. The molecule has 14 heavy (non-hydrogen) atoms. The quantitative estimate of drug-likeness (QED) is 0.740. The second-order valence-corrected chi connectivity index (χ2v) is 3.60. The third kappa shape index (κ3) is 1.71. The molecule has 1 aromatic carbocycles. The standard InChI is InChI=1S/C10H12ClNO2/c11-8-3-1-2-7-9(6-13)12-4-5-14-10(7)8/h1-3,9,12-13H,4-6H2. The van der Waals surface area contributed by atoms with Crippen LogP contribution < -0.4 is 10.1 Å². The van der Waals surface area contributed by atoms with Gasteiger partial charge in [0.15, 0.2) is 0 Å². The number of rotatable bonds is 1. The molecule has 0 radical (unpaired) electrons. The number of hydrogen-bond donors (Lipinski definition) is 2. The Morgan fingerprint density at radius 1 is 1.57 bits per heavy atom. The monoisotopic (exact) mass is 213 g/mol. The van der Waals surface area contributed by atoms with E-state index in [2.05, 4.69) is 5.32 Å². The zero-order valence-corrected chi connectivity index (χ0v) is 8.42. The molecular formula is C10H12ClNO2. The number of para-hydroxylation sites is 1. The normalized spacial score (nSPS) is 20.9. The summed E-state index contributed by atoms with van der Waals surface area (Å²) in [6.07, 6.45) is 0. The minimum atomic E-state index is -0.0776. The van der Waals surface area contributed by atoms with Gasteiger partial charge in [-0.15, -0.1) is 0 Å². The Kier molecular flexibility index (Phi) is 2.91. The van der Waals surface area contributed by atoms with Crippen LogP contribution in [0.15, 0.2) is 18.2 Å². The van der Waals surface area contributed by atoms with E-state index in [1.54, 1.807) is 6.07 Å². The maximum atomic E-state index is 9.19. The number of hydrogen-bond acceptors (Lipinski definition) is 3. The number of nitrogens with one attached hydrogen (secondary N) is 1. The summed E-state index contributed by atoms with van der Waals surface area (Å²) in [7, 11) is 0. The molecule has 0 amide bonds. The van der Waals surface area contributed by atoms with Crippen LogP contribution in [0.2, 0.25) is 5.02 Å². The van der Waals surface area contributed by atoms with Crippen molar-refractivity contribution in [1.29, 1.82) is 0 Å². The lowest BCUT2D eigenvalue weighted by Gasteiger charge is -2.14. The van der Waals surface area contributed by atoms with Gasteiger partial charge in [-0.1, -0.05) is 23.7 Å².